The van der Waals surface area contributed by atoms with E-state index < -0.39 is 31.5 Å². The van der Waals surface area contributed by atoms with Crippen molar-refractivity contribution in [1.29, 1.82) is 0 Å². The van der Waals surface area contributed by atoms with Gasteiger partial charge in [-0.1, -0.05) is 50.7 Å². The summed E-state index contributed by atoms with van der Waals surface area (Å²) in [4.78, 5) is 27.8. The summed E-state index contributed by atoms with van der Waals surface area (Å²) in [6, 6.07) is 2.12. The lowest BCUT2D eigenvalue weighted by molar-refractivity contribution is -0.383. The third kappa shape index (κ3) is 10.8. The summed E-state index contributed by atoms with van der Waals surface area (Å²) < 4.78 is 19.6. The van der Waals surface area contributed by atoms with Gasteiger partial charge in [-0.25, -0.2) is 9.19 Å². The molecule has 0 aliphatic carbocycles. The zero-order valence-corrected chi connectivity index (χ0v) is 20.4. The van der Waals surface area contributed by atoms with E-state index in [2.05, 4.69) is 24.8 Å². The monoisotopic (exact) mass is 515 g/mol. The molecule has 196 valence electrons. The zero-order valence-electron chi connectivity index (χ0n) is 19.5. The van der Waals surface area contributed by atoms with Gasteiger partial charge in [0.1, 0.15) is 0 Å². The van der Waals surface area contributed by atoms with Gasteiger partial charge < -0.3 is 25.9 Å². The first kappa shape index (κ1) is 28.8. The van der Waals surface area contributed by atoms with Crippen molar-refractivity contribution in [2.75, 3.05) is 18.5 Å². The molecule has 2 aromatic rings. The Morgan fingerprint density at radius 1 is 1.11 bits per heavy atom. The molecule has 0 aliphatic rings. The fourth-order valence-corrected chi connectivity index (χ4v) is 3.84. The normalized spacial score (nSPS) is 13.9. The standard InChI is InChI=1S/C21H34N5O8P/c22-16(15-33-35(30,31)32)19(27)11-9-7-5-3-1-2-4-6-8-10-14-23-17-12-13-18(26(28)29)21-20(17)24-34-25-21/h9,11-13,16,19,23,27H,1-8,10,14-15,22H2,(H2,30,31,32)/t16-,19+/m0/s1. The predicted octanol–water partition coefficient (Wildman–Crippen LogP) is 3.41. The average Bonchev–Trinajstić information content (AvgIpc) is 3.29. The molecule has 0 aliphatic heterocycles. The molecule has 6 N–H and O–H groups in total. The van der Waals surface area contributed by atoms with Crippen LogP contribution in [0, 0.1) is 10.1 Å². The number of nitrogens with zero attached hydrogens (tertiary/aromatic N) is 3. The van der Waals surface area contributed by atoms with Crippen LogP contribution in [0.3, 0.4) is 0 Å². The van der Waals surface area contributed by atoms with Crippen molar-refractivity contribution in [2.45, 2.75) is 69.9 Å². The smallest absolute Gasteiger partial charge is 0.387 e. The number of phosphoric acid groups is 1. The lowest BCUT2D eigenvalue weighted by atomic mass is 10.1. The largest absolute Gasteiger partial charge is 0.469 e. The number of unbranched alkanes of at least 4 members (excludes halogenated alkanes) is 8. The highest BCUT2D eigenvalue weighted by atomic mass is 31.2. The highest BCUT2D eigenvalue weighted by Crippen LogP contribution is 2.35. The van der Waals surface area contributed by atoms with Crippen LogP contribution in [-0.4, -0.2) is 55.4 Å². The van der Waals surface area contributed by atoms with Gasteiger partial charge in [0.05, 0.1) is 29.4 Å². The number of rotatable bonds is 18. The number of non-ortho nitro benzene ring substituents is 1. The third-order valence-electron chi connectivity index (χ3n) is 5.41. The maximum atomic E-state index is 11.0. The minimum atomic E-state index is -4.59. The van der Waals surface area contributed by atoms with E-state index in [-0.39, 0.29) is 11.2 Å². The number of nitro benzene ring substituents is 1. The summed E-state index contributed by atoms with van der Waals surface area (Å²) in [5.74, 6) is 0. The summed E-state index contributed by atoms with van der Waals surface area (Å²) in [7, 11) is -4.59. The van der Waals surface area contributed by atoms with E-state index in [1.165, 1.54) is 12.1 Å². The highest BCUT2D eigenvalue weighted by molar-refractivity contribution is 7.46. The number of aliphatic hydroxyl groups is 1. The van der Waals surface area contributed by atoms with Gasteiger partial charge in [0.15, 0.2) is 5.52 Å². The van der Waals surface area contributed by atoms with Gasteiger partial charge in [-0.2, -0.15) is 0 Å². The Morgan fingerprint density at radius 2 is 1.74 bits per heavy atom. The Balaban J connectivity index is 1.47. The molecular weight excluding hydrogens is 481 g/mol. The first-order chi connectivity index (χ1) is 16.7. The van der Waals surface area contributed by atoms with E-state index in [9.17, 15) is 19.8 Å². The number of phosphoric ester groups is 1. The molecule has 0 spiro atoms. The fourth-order valence-electron chi connectivity index (χ4n) is 3.47. The summed E-state index contributed by atoms with van der Waals surface area (Å²) in [5, 5.41) is 31.5. The number of hydrogen-bond donors (Lipinski definition) is 5. The van der Waals surface area contributed by atoms with Gasteiger partial charge in [-0.3, -0.25) is 14.6 Å². The van der Waals surface area contributed by atoms with Crippen LogP contribution in [0.4, 0.5) is 11.4 Å². The molecule has 1 heterocycles. The zero-order chi connectivity index (χ0) is 25.7. The summed E-state index contributed by atoms with van der Waals surface area (Å²) >= 11 is 0. The fraction of sp³-hybridized carbons (Fsp3) is 0.619. The first-order valence-corrected chi connectivity index (χ1v) is 13.2. The number of benzene rings is 1. The second-order valence-corrected chi connectivity index (χ2v) is 9.50. The highest BCUT2D eigenvalue weighted by Gasteiger charge is 2.20. The van der Waals surface area contributed by atoms with Crippen LogP contribution in [-0.2, 0) is 9.09 Å². The molecule has 0 radical (unpaired) electrons. The Morgan fingerprint density at radius 3 is 2.40 bits per heavy atom. The van der Waals surface area contributed by atoms with Gasteiger partial charge in [-0.15, -0.1) is 0 Å². The lowest BCUT2D eigenvalue weighted by Crippen LogP contribution is -2.37. The van der Waals surface area contributed by atoms with E-state index in [1.54, 1.807) is 6.07 Å². The van der Waals surface area contributed by atoms with Gasteiger partial charge in [0.25, 0.3) is 0 Å². The van der Waals surface area contributed by atoms with Crippen LogP contribution < -0.4 is 11.1 Å². The van der Waals surface area contributed by atoms with Crippen molar-refractivity contribution >= 4 is 30.2 Å². The minimum Gasteiger partial charge on any atom is -0.387 e. The minimum absolute atomic E-state index is 0.129. The number of hydrogen-bond acceptors (Lipinski definition) is 10. The maximum absolute atomic E-state index is 11.0. The van der Waals surface area contributed by atoms with E-state index in [1.807, 2.05) is 6.08 Å². The Bertz CT molecular complexity index is 995. The quantitative estimate of drug-likeness (QED) is 0.0636. The van der Waals surface area contributed by atoms with Crippen LogP contribution in [0.1, 0.15) is 57.8 Å². The van der Waals surface area contributed by atoms with Crippen LogP contribution >= 0.6 is 7.82 Å². The van der Waals surface area contributed by atoms with Crippen molar-refractivity contribution in [3.63, 3.8) is 0 Å². The molecule has 0 saturated carbocycles. The van der Waals surface area contributed by atoms with Crippen LogP contribution in [0.15, 0.2) is 28.9 Å². The Labute approximate surface area is 203 Å². The van der Waals surface area contributed by atoms with Gasteiger partial charge in [-0.05, 0) is 35.6 Å². The molecule has 0 fully saturated rings. The lowest BCUT2D eigenvalue weighted by Gasteiger charge is -2.15. The topological polar surface area (TPSA) is 207 Å². The predicted molar refractivity (Wildman–Crippen MR) is 130 cm³/mol. The first-order valence-electron chi connectivity index (χ1n) is 11.6. The summed E-state index contributed by atoms with van der Waals surface area (Å²) in [5.41, 5.74) is 6.67. The van der Waals surface area contributed by atoms with E-state index in [0.29, 0.717) is 11.2 Å². The number of nitro groups is 1. The van der Waals surface area contributed by atoms with E-state index in [0.717, 1.165) is 64.3 Å². The average molecular weight is 516 g/mol. The number of nitrogens with one attached hydrogen (secondary N) is 1. The number of nitrogens with two attached hydrogens (primary N) is 1. The molecule has 1 aromatic heterocycles. The third-order valence-corrected chi connectivity index (χ3v) is 5.90. The van der Waals surface area contributed by atoms with Crippen molar-refractivity contribution in [2.24, 2.45) is 5.73 Å². The summed E-state index contributed by atoms with van der Waals surface area (Å²) in [6.45, 7) is 0.304. The molecule has 14 heteroatoms. The maximum Gasteiger partial charge on any atom is 0.469 e. The Hall–Kier alpha value is -2.41. The molecule has 0 unspecified atom stereocenters. The molecule has 2 rings (SSSR count). The number of aromatic nitrogens is 2. The van der Waals surface area contributed by atoms with Crippen LogP contribution in [0.5, 0.6) is 0 Å². The number of aliphatic hydroxyl groups excluding tert-OH is 1. The molecular formula is C21H34N5O8P. The second-order valence-electron chi connectivity index (χ2n) is 8.26. The van der Waals surface area contributed by atoms with Gasteiger partial charge in [0.2, 0.25) is 5.52 Å². The molecule has 2 atom stereocenters. The SMILES string of the molecule is N[C@@H](COP(=O)(O)O)[C@H](O)C=CCCCCCCCCCCNc1ccc([N+](=O)[O-])c2nonc12. The summed E-state index contributed by atoms with van der Waals surface area (Å²) in [6.07, 6.45) is 11.8. The molecule has 1 aromatic carbocycles. The van der Waals surface area contributed by atoms with Gasteiger partial charge in [0, 0.05) is 12.6 Å². The van der Waals surface area contributed by atoms with Crippen LogP contribution in [0.25, 0.3) is 11.0 Å². The Kier molecular flexibility index (Phi) is 12.2. The number of allylic oxidation sites excluding steroid dienone is 1. The van der Waals surface area contributed by atoms with Crippen molar-refractivity contribution < 1.29 is 33.5 Å². The van der Waals surface area contributed by atoms with Crippen molar-refractivity contribution in [1.82, 2.24) is 10.3 Å². The molecule has 13 nitrogen and oxygen atoms in total. The molecule has 0 amide bonds. The van der Waals surface area contributed by atoms with Crippen LogP contribution in [0.2, 0.25) is 0 Å². The molecule has 35 heavy (non-hydrogen) atoms. The van der Waals surface area contributed by atoms with E-state index in [4.69, 9.17) is 15.5 Å². The van der Waals surface area contributed by atoms with E-state index >= 15 is 0 Å². The number of fused-ring (bicyclic) bond motifs is 1. The van der Waals surface area contributed by atoms with Gasteiger partial charge >= 0.3 is 13.5 Å². The molecule has 0 saturated heterocycles. The number of anilines is 1. The second kappa shape index (κ2) is 14.9. The molecule has 0 bridgehead atoms. The van der Waals surface area contributed by atoms with Crippen molar-refractivity contribution in [3.8, 4) is 0 Å². The van der Waals surface area contributed by atoms with Crippen molar-refractivity contribution in [3.05, 3.63) is 34.4 Å².